The molecule has 0 aromatic heterocycles. The van der Waals surface area contributed by atoms with Gasteiger partial charge in [-0.15, -0.1) is 0 Å². The van der Waals surface area contributed by atoms with Crippen molar-refractivity contribution in [2.75, 3.05) is 25.4 Å². The number of fused-ring (bicyclic) bond motifs is 1. The maximum Gasteiger partial charge on any atom is 0.257 e. The van der Waals surface area contributed by atoms with Crippen LogP contribution in [0.3, 0.4) is 0 Å². The minimum Gasteiger partial charge on any atom is -0.484 e. The topological polar surface area (TPSA) is 75.7 Å². The van der Waals surface area contributed by atoms with Gasteiger partial charge in [-0.05, 0) is 43.0 Å². The number of carbonyl (C=O) groups excluding carboxylic acids is 1. The molecule has 28 heavy (non-hydrogen) atoms. The van der Waals surface area contributed by atoms with E-state index in [1.807, 2.05) is 55.5 Å². The maximum absolute atomic E-state index is 12.6. The van der Waals surface area contributed by atoms with E-state index in [-0.39, 0.29) is 18.3 Å². The number of carbonyl (C=O) groups is 1. The molecule has 1 amide bonds. The number of hydrogen-bond donors (Lipinski definition) is 1. The minimum atomic E-state index is -3.33. The Labute approximate surface area is 166 Å². The fourth-order valence-electron chi connectivity index (χ4n) is 3.15. The highest BCUT2D eigenvalue weighted by atomic mass is 32.2. The number of aryl methyl sites for hydroxylation is 1. The van der Waals surface area contributed by atoms with Crippen molar-refractivity contribution in [1.29, 1.82) is 0 Å². The number of hydrogen-bond acceptors (Lipinski definition) is 4. The van der Waals surface area contributed by atoms with Crippen LogP contribution < -0.4 is 10.1 Å². The summed E-state index contributed by atoms with van der Waals surface area (Å²) in [6, 6.07) is 15.4. The quantitative estimate of drug-likeness (QED) is 0.688. The first-order valence-corrected chi connectivity index (χ1v) is 11.1. The van der Waals surface area contributed by atoms with Crippen LogP contribution in [-0.4, -0.2) is 44.1 Å². The second kappa shape index (κ2) is 9.21. The number of nitrogens with zero attached hydrogens (tertiary/aromatic N) is 1. The zero-order valence-electron chi connectivity index (χ0n) is 16.1. The number of sulfonamides is 1. The molecule has 150 valence electrons. The van der Waals surface area contributed by atoms with Crippen LogP contribution in [0.1, 0.15) is 23.1 Å². The summed E-state index contributed by atoms with van der Waals surface area (Å²) in [7, 11) is -3.33. The predicted molar refractivity (Wildman–Crippen MR) is 109 cm³/mol. The molecule has 0 spiro atoms. The molecule has 1 aliphatic rings. The smallest absolute Gasteiger partial charge is 0.257 e. The molecule has 3 rings (SSSR count). The van der Waals surface area contributed by atoms with Crippen LogP contribution in [0.2, 0.25) is 0 Å². The van der Waals surface area contributed by atoms with E-state index in [0.717, 1.165) is 17.5 Å². The van der Waals surface area contributed by atoms with E-state index >= 15 is 0 Å². The summed E-state index contributed by atoms with van der Waals surface area (Å²) in [6.07, 6.45) is 1.11. The lowest BCUT2D eigenvalue weighted by Crippen LogP contribution is -2.38. The number of benzene rings is 2. The average Bonchev–Trinajstić information content (AvgIpc) is 2.70. The van der Waals surface area contributed by atoms with Crippen LogP contribution in [0.25, 0.3) is 0 Å². The summed E-state index contributed by atoms with van der Waals surface area (Å²) in [5.74, 6) is 0.396. The van der Waals surface area contributed by atoms with Gasteiger partial charge in [0.15, 0.2) is 6.61 Å². The first kappa shape index (κ1) is 20.4. The van der Waals surface area contributed by atoms with E-state index in [1.54, 1.807) is 0 Å². The molecule has 0 radical (unpaired) electrons. The summed E-state index contributed by atoms with van der Waals surface area (Å²) in [4.78, 5) is 11.9. The Balaban J connectivity index is 1.38. The van der Waals surface area contributed by atoms with Crippen molar-refractivity contribution in [1.82, 2.24) is 9.62 Å². The Morgan fingerprint density at radius 3 is 2.57 bits per heavy atom. The molecule has 0 saturated heterocycles. The largest absolute Gasteiger partial charge is 0.484 e. The van der Waals surface area contributed by atoms with Crippen LogP contribution >= 0.6 is 0 Å². The third kappa shape index (κ3) is 5.56. The molecule has 0 unspecified atom stereocenters. The fraction of sp³-hybridized carbons (Fsp3) is 0.381. The average molecular weight is 403 g/mol. The van der Waals surface area contributed by atoms with Crippen LogP contribution in [0, 0.1) is 6.92 Å². The normalized spacial score (nSPS) is 14.3. The summed E-state index contributed by atoms with van der Waals surface area (Å²) in [5, 5.41) is 2.71. The molecule has 6 nitrogen and oxygen atoms in total. The van der Waals surface area contributed by atoms with E-state index in [4.69, 9.17) is 4.74 Å². The molecule has 0 fully saturated rings. The van der Waals surface area contributed by atoms with Crippen LogP contribution in [0.5, 0.6) is 5.75 Å². The van der Waals surface area contributed by atoms with E-state index in [0.29, 0.717) is 31.8 Å². The Kier molecular flexibility index (Phi) is 6.70. The molecule has 2 aromatic rings. The van der Waals surface area contributed by atoms with Gasteiger partial charge < -0.3 is 10.1 Å². The van der Waals surface area contributed by atoms with Crippen LogP contribution in [-0.2, 0) is 27.8 Å². The first-order chi connectivity index (χ1) is 13.4. The molecule has 1 N–H and O–H groups in total. The van der Waals surface area contributed by atoms with Gasteiger partial charge in [0.05, 0.1) is 5.75 Å². The van der Waals surface area contributed by atoms with Gasteiger partial charge in [0.1, 0.15) is 5.75 Å². The second-order valence-corrected chi connectivity index (χ2v) is 9.06. The van der Waals surface area contributed by atoms with Gasteiger partial charge >= 0.3 is 0 Å². The highest BCUT2D eigenvalue weighted by Gasteiger charge is 2.25. The summed E-state index contributed by atoms with van der Waals surface area (Å²) < 4.78 is 32.1. The van der Waals surface area contributed by atoms with Crippen molar-refractivity contribution in [3.8, 4) is 5.75 Å². The predicted octanol–water partition coefficient (Wildman–Crippen LogP) is 2.27. The standard InChI is InChI=1S/C21H26N2O4S/c1-17-7-9-20(10-8-17)27-16-21(24)22-12-4-14-28(25,26)23-13-11-18-5-2-3-6-19(18)15-23/h2-3,5-10H,4,11-16H2,1H3,(H,22,24). The van der Waals surface area contributed by atoms with Gasteiger partial charge in [-0.25, -0.2) is 8.42 Å². The molecule has 0 atom stereocenters. The lowest BCUT2D eigenvalue weighted by Gasteiger charge is -2.28. The number of ether oxygens (including phenoxy) is 1. The van der Waals surface area contributed by atoms with Crippen molar-refractivity contribution in [3.63, 3.8) is 0 Å². The van der Waals surface area contributed by atoms with Crippen molar-refractivity contribution in [2.45, 2.75) is 26.3 Å². The third-order valence-electron chi connectivity index (χ3n) is 4.78. The molecule has 0 saturated carbocycles. The van der Waals surface area contributed by atoms with Crippen LogP contribution in [0.15, 0.2) is 48.5 Å². The zero-order chi connectivity index (χ0) is 20.0. The Hall–Kier alpha value is -2.38. The van der Waals surface area contributed by atoms with Gasteiger partial charge in [0.25, 0.3) is 5.91 Å². The second-order valence-electron chi connectivity index (χ2n) is 6.97. The van der Waals surface area contributed by atoms with Gasteiger partial charge in [-0.1, -0.05) is 42.0 Å². The molecular weight excluding hydrogens is 376 g/mol. The van der Waals surface area contributed by atoms with Crippen LogP contribution in [0.4, 0.5) is 0 Å². The molecule has 2 aromatic carbocycles. The van der Waals surface area contributed by atoms with Gasteiger partial charge in [-0.2, -0.15) is 4.31 Å². The summed E-state index contributed by atoms with van der Waals surface area (Å²) >= 11 is 0. The highest BCUT2D eigenvalue weighted by molar-refractivity contribution is 7.89. The van der Waals surface area contributed by atoms with Gasteiger partial charge in [-0.3, -0.25) is 4.79 Å². The van der Waals surface area contributed by atoms with Gasteiger partial charge in [0, 0.05) is 19.6 Å². The summed E-state index contributed by atoms with van der Waals surface area (Å²) in [5.41, 5.74) is 3.41. The molecule has 0 bridgehead atoms. The Bertz CT molecular complexity index is 910. The van der Waals surface area contributed by atoms with Gasteiger partial charge in [0.2, 0.25) is 10.0 Å². The Morgan fingerprint density at radius 1 is 1.11 bits per heavy atom. The first-order valence-electron chi connectivity index (χ1n) is 9.45. The number of amides is 1. The fourth-order valence-corrected chi connectivity index (χ4v) is 4.63. The van der Waals surface area contributed by atoms with Crippen molar-refractivity contribution < 1.29 is 17.9 Å². The van der Waals surface area contributed by atoms with Crippen molar-refractivity contribution in [3.05, 3.63) is 65.2 Å². The molecule has 7 heteroatoms. The monoisotopic (exact) mass is 402 g/mol. The number of nitrogens with one attached hydrogen (secondary N) is 1. The third-order valence-corrected chi connectivity index (χ3v) is 6.68. The van der Waals surface area contributed by atoms with Crippen molar-refractivity contribution in [2.24, 2.45) is 0 Å². The molecule has 0 aliphatic carbocycles. The van der Waals surface area contributed by atoms with E-state index in [9.17, 15) is 13.2 Å². The zero-order valence-corrected chi connectivity index (χ0v) is 16.9. The number of rotatable bonds is 8. The van der Waals surface area contributed by atoms with E-state index in [1.165, 1.54) is 9.87 Å². The van der Waals surface area contributed by atoms with Crippen molar-refractivity contribution >= 4 is 15.9 Å². The van der Waals surface area contributed by atoms with E-state index in [2.05, 4.69) is 5.32 Å². The SMILES string of the molecule is Cc1ccc(OCC(=O)NCCCS(=O)(=O)N2CCc3ccccc3C2)cc1. The maximum atomic E-state index is 12.6. The highest BCUT2D eigenvalue weighted by Crippen LogP contribution is 2.21. The summed E-state index contributed by atoms with van der Waals surface area (Å²) in [6.45, 7) is 3.14. The lowest BCUT2D eigenvalue weighted by atomic mass is 10.0. The lowest BCUT2D eigenvalue weighted by molar-refractivity contribution is -0.123. The minimum absolute atomic E-state index is 0.0221. The molecule has 1 aliphatic heterocycles. The Morgan fingerprint density at radius 2 is 1.82 bits per heavy atom. The molecule has 1 heterocycles. The molecular formula is C21H26N2O4S. The van der Waals surface area contributed by atoms with E-state index < -0.39 is 10.0 Å².